The average Bonchev–Trinajstić information content (AvgIpc) is 2.32. The highest BCUT2D eigenvalue weighted by Gasteiger charge is 1.85. The first-order valence-corrected chi connectivity index (χ1v) is 4.68. The molecule has 0 atom stereocenters. The van der Waals surface area contributed by atoms with Crippen LogP contribution in [0, 0.1) is 12.0 Å². The Hall–Kier alpha value is -2.27. The molecule has 2 rings (SSSR count). The molecular formula is C13H10N2. The number of hydrogen-bond acceptors (Lipinski definition) is 2. The third-order valence-electron chi connectivity index (χ3n) is 1.84. The molecule has 2 aromatic rings. The van der Waals surface area contributed by atoms with Crippen molar-refractivity contribution in [2.45, 2.75) is 0 Å². The van der Waals surface area contributed by atoms with Crippen LogP contribution in [0.3, 0.4) is 0 Å². The van der Waals surface area contributed by atoms with Gasteiger partial charge < -0.3 is 0 Å². The van der Waals surface area contributed by atoms with Crippen molar-refractivity contribution in [3.63, 3.8) is 0 Å². The Kier molecular flexibility index (Phi) is 2.99. The molecule has 0 fully saturated rings. The molecule has 0 amide bonds. The summed E-state index contributed by atoms with van der Waals surface area (Å²) in [5.74, 6) is 3.76. The number of benzene rings is 1. The molecule has 2 nitrogen and oxygen atoms in total. The summed E-state index contributed by atoms with van der Waals surface area (Å²) in [6, 6.07) is 18.3. The minimum Gasteiger partial charge on any atom is -0.299 e. The van der Waals surface area contributed by atoms with Crippen LogP contribution >= 0.6 is 0 Å². The Morgan fingerprint density at radius 1 is 0.933 bits per heavy atom. The summed E-state index contributed by atoms with van der Waals surface area (Å²) in [6.45, 7) is 0. The first-order chi connectivity index (χ1) is 7.45. The second-order valence-corrected chi connectivity index (χ2v) is 2.96. The van der Waals surface area contributed by atoms with Crippen LogP contribution in [0.2, 0.25) is 0 Å². The van der Waals surface area contributed by atoms with Gasteiger partial charge in [-0.05, 0) is 30.2 Å². The number of hydrogen-bond donors (Lipinski definition) is 1. The molecular weight excluding hydrogens is 184 g/mol. The van der Waals surface area contributed by atoms with Crippen molar-refractivity contribution >= 4 is 5.82 Å². The van der Waals surface area contributed by atoms with Crippen LogP contribution in [0.1, 0.15) is 5.56 Å². The van der Waals surface area contributed by atoms with Crippen LogP contribution in [0.25, 0.3) is 0 Å². The molecule has 0 spiro atoms. The Morgan fingerprint density at radius 3 is 2.47 bits per heavy atom. The fourth-order valence-electron chi connectivity index (χ4n) is 1.13. The molecule has 0 aliphatic heterocycles. The summed E-state index contributed by atoms with van der Waals surface area (Å²) in [7, 11) is 0. The van der Waals surface area contributed by atoms with Crippen molar-refractivity contribution in [3.8, 4) is 12.0 Å². The van der Waals surface area contributed by atoms with E-state index in [1.165, 1.54) is 0 Å². The van der Waals surface area contributed by atoms with Crippen LogP contribution in [0.4, 0.5) is 5.82 Å². The summed E-state index contributed by atoms with van der Waals surface area (Å²) < 4.78 is 0. The van der Waals surface area contributed by atoms with Crippen molar-refractivity contribution in [2.75, 3.05) is 5.32 Å². The van der Waals surface area contributed by atoms with Crippen molar-refractivity contribution in [1.82, 2.24) is 4.98 Å². The van der Waals surface area contributed by atoms with E-state index in [1.807, 2.05) is 48.5 Å². The lowest BCUT2D eigenvalue weighted by Gasteiger charge is -1.93. The predicted octanol–water partition coefficient (Wildman–Crippen LogP) is 2.50. The number of rotatable bonds is 1. The largest absolute Gasteiger partial charge is 0.299 e. The number of aromatic nitrogens is 1. The summed E-state index contributed by atoms with van der Waals surface area (Å²) in [6.07, 6.45) is 1.73. The molecule has 1 N–H and O–H groups in total. The van der Waals surface area contributed by atoms with Gasteiger partial charge in [0, 0.05) is 17.8 Å². The first-order valence-electron chi connectivity index (χ1n) is 4.68. The first kappa shape index (κ1) is 9.29. The molecule has 15 heavy (non-hydrogen) atoms. The van der Waals surface area contributed by atoms with Gasteiger partial charge in [0.1, 0.15) is 5.82 Å². The third-order valence-corrected chi connectivity index (χ3v) is 1.84. The molecule has 1 aromatic heterocycles. The molecule has 72 valence electrons. The number of nitrogens with zero attached hydrogens (tertiary/aromatic N) is 1. The van der Waals surface area contributed by atoms with Gasteiger partial charge >= 0.3 is 0 Å². The fraction of sp³-hybridized carbons (Fsp3) is 0. The van der Waals surface area contributed by atoms with Gasteiger partial charge in [0.15, 0.2) is 0 Å². The molecule has 1 aromatic carbocycles. The van der Waals surface area contributed by atoms with Crippen LogP contribution in [0.5, 0.6) is 0 Å². The smallest absolute Gasteiger partial charge is 0.137 e. The monoisotopic (exact) mass is 194 g/mol. The van der Waals surface area contributed by atoms with Crippen LogP contribution < -0.4 is 5.32 Å². The lowest BCUT2D eigenvalue weighted by Crippen LogP contribution is -1.90. The van der Waals surface area contributed by atoms with Crippen LogP contribution in [-0.2, 0) is 0 Å². The number of anilines is 1. The van der Waals surface area contributed by atoms with E-state index >= 15 is 0 Å². The van der Waals surface area contributed by atoms with Gasteiger partial charge in [-0.3, -0.25) is 5.32 Å². The predicted molar refractivity (Wildman–Crippen MR) is 61.2 cm³/mol. The SMILES string of the molecule is C(#Cc1ccccc1)Nc1ccccn1. The van der Waals surface area contributed by atoms with E-state index in [9.17, 15) is 0 Å². The maximum atomic E-state index is 4.10. The molecule has 0 bridgehead atoms. The van der Waals surface area contributed by atoms with Gasteiger partial charge in [0.05, 0.1) is 0 Å². The molecule has 0 saturated heterocycles. The molecule has 0 radical (unpaired) electrons. The lowest BCUT2D eigenvalue weighted by atomic mass is 10.2. The maximum absolute atomic E-state index is 4.10. The zero-order valence-electron chi connectivity index (χ0n) is 8.14. The molecule has 0 saturated carbocycles. The standard InChI is InChI=1S/C13H10N2/c1-2-6-12(7-3-1)9-11-15-13-8-4-5-10-14-13/h1-8,10H,(H,14,15). The Morgan fingerprint density at radius 2 is 1.73 bits per heavy atom. The van der Waals surface area contributed by atoms with Gasteiger partial charge in [0.25, 0.3) is 0 Å². The van der Waals surface area contributed by atoms with Crippen molar-refractivity contribution in [1.29, 1.82) is 0 Å². The average molecular weight is 194 g/mol. The second kappa shape index (κ2) is 4.83. The van der Waals surface area contributed by atoms with E-state index < -0.39 is 0 Å². The highest BCUT2D eigenvalue weighted by Crippen LogP contribution is 1.98. The van der Waals surface area contributed by atoms with Crippen molar-refractivity contribution < 1.29 is 0 Å². The zero-order valence-corrected chi connectivity index (χ0v) is 8.14. The Bertz CT molecular complexity index is 466. The summed E-state index contributed by atoms with van der Waals surface area (Å²) in [4.78, 5) is 4.10. The van der Waals surface area contributed by atoms with E-state index in [0.29, 0.717) is 0 Å². The van der Waals surface area contributed by atoms with E-state index in [-0.39, 0.29) is 0 Å². The van der Waals surface area contributed by atoms with Gasteiger partial charge in [0.2, 0.25) is 0 Å². The molecule has 2 heteroatoms. The quantitative estimate of drug-likeness (QED) is 0.557. The lowest BCUT2D eigenvalue weighted by molar-refractivity contribution is 1.32. The normalized spacial score (nSPS) is 8.80. The minimum atomic E-state index is 0.765. The van der Waals surface area contributed by atoms with Crippen molar-refractivity contribution in [2.24, 2.45) is 0 Å². The van der Waals surface area contributed by atoms with Gasteiger partial charge in [-0.2, -0.15) is 0 Å². The van der Waals surface area contributed by atoms with E-state index in [0.717, 1.165) is 11.4 Å². The Balaban J connectivity index is 2.03. The van der Waals surface area contributed by atoms with Gasteiger partial charge in [-0.25, -0.2) is 4.98 Å². The van der Waals surface area contributed by atoms with E-state index in [2.05, 4.69) is 22.3 Å². The van der Waals surface area contributed by atoms with E-state index in [4.69, 9.17) is 0 Å². The van der Waals surface area contributed by atoms with Crippen LogP contribution in [-0.4, -0.2) is 4.98 Å². The second-order valence-electron chi connectivity index (χ2n) is 2.96. The zero-order chi connectivity index (χ0) is 10.3. The minimum absolute atomic E-state index is 0.765. The highest BCUT2D eigenvalue weighted by atomic mass is 15.0. The molecule has 0 aliphatic carbocycles. The summed E-state index contributed by atoms with van der Waals surface area (Å²) in [5, 5.41) is 2.92. The summed E-state index contributed by atoms with van der Waals surface area (Å²) >= 11 is 0. The number of pyridine rings is 1. The maximum Gasteiger partial charge on any atom is 0.137 e. The van der Waals surface area contributed by atoms with E-state index in [1.54, 1.807) is 6.20 Å². The molecule has 0 aliphatic rings. The van der Waals surface area contributed by atoms with Gasteiger partial charge in [-0.1, -0.05) is 24.3 Å². The topological polar surface area (TPSA) is 24.9 Å². The third kappa shape index (κ3) is 2.85. The Labute approximate surface area is 89.0 Å². The highest BCUT2D eigenvalue weighted by molar-refractivity contribution is 5.43. The van der Waals surface area contributed by atoms with Crippen molar-refractivity contribution in [3.05, 3.63) is 60.3 Å². The molecule has 1 heterocycles. The number of nitrogens with one attached hydrogen (secondary N) is 1. The fourth-order valence-corrected chi connectivity index (χ4v) is 1.13. The van der Waals surface area contributed by atoms with Crippen LogP contribution in [0.15, 0.2) is 54.7 Å². The summed E-state index contributed by atoms with van der Waals surface area (Å²) in [5.41, 5.74) is 0.987. The van der Waals surface area contributed by atoms with Gasteiger partial charge in [-0.15, -0.1) is 0 Å². The molecule has 0 unspecified atom stereocenters.